The van der Waals surface area contributed by atoms with E-state index in [9.17, 15) is 14.4 Å². The number of nitrogens with zero attached hydrogens (tertiary/aromatic N) is 1. The van der Waals surface area contributed by atoms with Gasteiger partial charge >= 0.3 is 5.97 Å². The Labute approximate surface area is 86.1 Å². The number of ether oxygens (including phenoxy) is 1. The van der Waals surface area contributed by atoms with E-state index in [4.69, 9.17) is 0 Å². The number of hydrogen-bond acceptors (Lipinski definition) is 5. The Morgan fingerprint density at radius 2 is 2.21 bits per heavy atom. The molecule has 1 heterocycles. The number of hydrogen-bond donors (Lipinski definition) is 1. The molecule has 0 aromatic carbocycles. The highest BCUT2D eigenvalue weighted by molar-refractivity contribution is 7.85. The first-order valence-electron chi connectivity index (χ1n) is 3.89. The molecule has 76 valence electrons. The number of amides is 2. The molecule has 0 radical (unpaired) electrons. The molecular weight excluding hydrogens is 206 g/mol. The molecule has 0 atom stereocenters. The van der Waals surface area contributed by atoms with Gasteiger partial charge in [-0.25, -0.2) is 0 Å². The van der Waals surface area contributed by atoms with Gasteiger partial charge in [-0.2, -0.15) is 0 Å². The summed E-state index contributed by atoms with van der Waals surface area (Å²) in [5.41, 5.74) is 0. The van der Waals surface area contributed by atoms with Crippen molar-refractivity contribution in [3.05, 3.63) is 11.0 Å². The Balaban J connectivity index is 2.52. The lowest BCUT2D eigenvalue weighted by molar-refractivity contribution is -0.142. The second-order valence-electron chi connectivity index (χ2n) is 2.65. The number of imide groups is 1. The fraction of sp³-hybridized carbons (Fsp3) is 0.375. The molecule has 1 aliphatic heterocycles. The Bertz CT molecular complexity index is 323. The van der Waals surface area contributed by atoms with E-state index in [0.717, 1.165) is 11.0 Å². The van der Waals surface area contributed by atoms with Gasteiger partial charge in [-0.3, -0.25) is 19.3 Å². The third kappa shape index (κ3) is 2.14. The van der Waals surface area contributed by atoms with E-state index in [1.807, 2.05) is 0 Å². The summed E-state index contributed by atoms with van der Waals surface area (Å²) < 4.78 is 4.38. The molecule has 0 aromatic heterocycles. The lowest BCUT2D eigenvalue weighted by Gasteiger charge is -2.12. The van der Waals surface area contributed by atoms with Crippen molar-refractivity contribution in [3.63, 3.8) is 0 Å². The molecule has 0 unspecified atom stereocenters. The molecule has 0 aromatic rings. The molecule has 1 aliphatic rings. The number of thiol groups is 1. The van der Waals surface area contributed by atoms with Crippen LogP contribution in [-0.2, 0) is 19.1 Å². The standard InChI is InChI=1S/C8H9NO4S/c1-13-7(11)2-3-9-6(10)4-5(14)8(9)12/h4,14H,2-3H2,1H3. The van der Waals surface area contributed by atoms with Crippen LogP contribution in [0.25, 0.3) is 0 Å². The zero-order valence-electron chi connectivity index (χ0n) is 7.52. The molecule has 0 bridgehead atoms. The predicted octanol–water partition coefficient (Wildman–Crippen LogP) is -0.268. The lowest BCUT2D eigenvalue weighted by atomic mass is 10.4. The highest BCUT2D eigenvalue weighted by atomic mass is 32.1. The molecule has 1 rings (SSSR count). The van der Waals surface area contributed by atoms with Crippen molar-refractivity contribution in [1.29, 1.82) is 0 Å². The maximum Gasteiger partial charge on any atom is 0.307 e. The van der Waals surface area contributed by atoms with Crippen molar-refractivity contribution >= 4 is 30.4 Å². The molecule has 2 amide bonds. The average Bonchev–Trinajstić information content (AvgIpc) is 2.39. The minimum absolute atomic E-state index is 0.00285. The largest absolute Gasteiger partial charge is 0.469 e. The van der Waals surface area contributed by atoms with Gasteiger partial charge in [0.1, 0.15) is 0 Å². The molecule has 14 heavy (non-hydrogen) atoms. The molecule has 6 heteroatoms. The average molecular weight is 215 g/mol. The van der Waals surface area contributed by atoms with E-state index in [1.54, 1.807) is 0 Å². The number of carbonyl (C=O) groups is 3. The summed E-state index contributed by atoms with van der Waals surface area (Å²) in [5.74, 6) is -1.37. The van der Waals surface area contributed by atoms with E-state index in [-0.39, 0.29) is 17.9 Å². The van der Waals surface area contributed by atoms with Crippen LogP contribution in [0.3, 0.4) is 0 Å². The molecule has 0 spiro atoms. The van der Waals surface area contributed by atoms with Gasteiger partial charge in [0.15, 0.2) is 0 Å². The van der Waals surface area contributed by atoms with E-state index in [0.29, 0.717) is 0 Å². The fourth-order valence-electron chi connectivity index (χ4n) is 1.01. The van der Waals surface area contributed by atoms with Gasteiger partial charge in [-0.15, -0.1) is 12.6 Å². The molecular formula is C8H9NO4S. The zero-order chi connectivity index (χ0) is 10.7. The van der Waals surface area contributed by atoms with Crippen LogP contribution in [0.1, 0.15) is 6.42 Å². The van der Waals surface area contributed by atoms with Gasteiger partial charge in [0, 0.05) is 12.6 Å². The SMILES string of the molecule is COC(=O)CCN1C(=O)C=C(S)C1=O. The molecule has 0 saturated heterocycles. The van der Waals surface area contributed by atoms with E-state index < -0.39 is 17.8 Å². The third-order valence-electron chi connectivity index (χ3n) is 1.76. The first-order valence-corrected chi connectivity index (χ1v) is 4.34. The number of rotatable bonds is 3. The summed E-state index contributed by atoms with van der Waals surface area (Å²) in [7, 11) is 1.25. The van der Waals surface area contributed by atoms with Crippen molar-refractivity contribution in [1.82, 2.24) is 4.90 Å². The Kier molecular flexibility index (Phi) is 3.29. The number of methoxy groups -OCH3 is 1. The predicted molar refractivity (Wildman–Crippen MR) is 50.4 cm³/mol. The van der Waals surface area contributed by atoms with Crippen LogP contribution in [0.15, 0.2) is 11.0 Å². The third-order valence-corrected chi connectivity index (χ3v) is 2.08. The van der Waals surface area contributed by atoms with Crippen LogP contribution in [0.4, 0.5) is 0 Å². The summed E-state index contributed by atoms with van der Waals surface area (Å²) in [5, 5.41) is 0. The summed E-state index contributed by atoms with van der Waals surface area (Å²) in [6.45, 7) is 0.0326. The van der Waals surface area contributed by atoms with Gasteiger partial charge in [-0.05, 0) is 0 Å². The molecule has 0 aliphatic carbocycles. The highest BCUT2D eigenvalue weighted by Crippen LogP contribution is 2.15. The minimum atomic E-state index is -0.470. The van der Waals surface area contributed by atoms with Gasteiger partial charge in [0.05, 0.1) is 18.4 Å². The molecule has 5 nitrogen and oxygen atoms in total. The van der Waals surface area contributed by atoms with E-state index in [1.165, 1.54) is 7.11 Å². The molecule has 0 saturated carbocycles. The van der Waals surface area contributed by atoms with Crippen LogP contribution in [0, 0.1) is 0 Å². The monoisotopic (exact) mass is 215 g/mol. The van der Waals surface area contributed by atoms with Crippen molar-refractivity contribution in [2.75, 3.05) is 13.7 Å². The summed E-state index contributed by atoms with van der Waals surface area (Å²) in [4.78, 5) is 34.2. The second-order valence-corrected chi connectivity index (χ2v) is 3.13. The molecule has 0 N–H and O–H groups in total. The molecule has 0 fully saturated rings. The number of esters is 1. The highest BCUT2D eigenvalue weighted by Gasteiger charge is 2.29. The van der Waals surface area contributed by atoms with E-state index in [2.05, 4.69) is 17.4 Å². The Morgan fingerprint density at radius 3 is 2.64 bits per heavy atom. The number of carbonyl (C=O) groups excluding carboxylic acids is 3. The van der Waals surface area contributed by atoms with Crippen LogP contribution in [-0.4, -0.2) is 36.3 Å². The zero-order valence-corrected chi connectivity index (χ0v) is 8.41. The lowest BCUT2D eigenvalue weighted by Crippen LogP contribution is -2.32. The first-order chi connectivity index (χ1) is 6.56. The van der Waals surface area contributed by atoms with Crippen LogP contribution >= 0.6 is 12.6 Å². The van der Waals surface area contributed by atoms with Gasteiger partial charge in [0.2, 0.25) is 0 Å². The minimum Gasteiger partial charge on any atom is -0.469 e. The van der Waals surface area contributed by atoms with Gasteiger partial charge in [-0.1, -0.05) is 0 Å². The van der Waals surface area contributed by atoms with Crippen molar-refractivity contribution in [2.45, 2.75) is 6.42 Å². The smallest absolute Gasteiger partial charge is 0.307 e. The van der Waals surface area contributed by atoms with Crippen LogP contribution in [0.2, 0.25) is 0 Å². The summed E-state index contributed by atoms with van der Waals surface area (Å²) in [6, 6.07) is 0. The van der Waals surface area contributed by atoms with Crippen molar-refractivity contribution < 1.29 is 19.1 Å². The topological polar surface area (TPSA) is 63.7 Å². The second kappa shape index (κ2) is 4.28. The quantitative estimate of drug-likeness (QED) is 0.400. The van der Waals surface area contributed by atoms with Crippen LogP contribution < -0.4 is 0 Å². The first kappa shape index (κ1) is 10.8. The fourth-order valence-corrected chi connectivity index (χ4v) is 1.24. The van der Waals surface area contributed by atoms with Gasteiger partial charge in [0.25, 0.3) is 11.8 Å². The Hall–Kier alpha value is -1.30. The van der Waals surface area contributed by atoms with Crippen molar-refractivity contribution in [2.24, 2.45) is 0 Å². The van der Waals surface area contributed by atoms with E-state index >= 15 is 0 Å². The van der Waals surface area contributed by atoms with Crippen molar-refractivity contribution in [3.8, 4) is 0 Å². The van der Waals surface area contributed by atoms with Gasteiger partial charge < -0.3 is 4.74 Å². The maximum atomic E-state index is 11.2. The Morgan fingerprint density at radius 1 is 1.57 bits per heavy atom. The normalized spacial score (nSPS) is 15.9. The maximum absolute atomic E-state index is 11.2. The summed E-state index contributed by atoms with van der Waals surface area (Å²) in [6.07, 6.45) is 1.13. The summed E-state index contributed by atoms with van der Waals surface area (Å²) >= 11 is 3.81. The van der Waals surface area contributed by atoms with Crippen LogP contribution in [0.5, 0.6) is 0 Å².